The number of hydroxylamine groups is 1. The molecule has 2 rings (SSSR count). The molecule has 2 unspecified atom stereocenters. The Balaban J connectivity index is 2.02. The SMILES string of the molecule is CCCCN(CCCC)CC1C(C)N=C2C=C(/C=C/C(=O)NO)C=CN21. The molecule has 0 saturated heterocycles. The van der Waals surface area contributed by atoms with Crippen LogP contribution < -0.4 is 5.48 Å². The summed E-state index contributed by atoms with van der Waals surface area (Å²) >= 11 is 0. The Morgan fingerprint density at radius 3 is 2.65 bits per heavy atom. The molecule has 0 aromatic carbocycles. The van der Waals surface area contributed by atoms with E-state index in [0.717, 1.165) is 31.0 Å². The van der Waals surface area contributed by atoms with Gasteiger partial charge in [0.15, 0.2) is 0 Å². The first-order valence-electron chi connectivity index (χ1n) is 9.69. The van der Waals surface area contributed by atoms with Gasteiger partial charge in [-0.1, -0.05) is 26.7 Å². The lowest BCUT2D eigenvalue weighted by atomic mass is 10.1. The van der Waals surface area contributed by atoms with E-state index in [0.29, 0.717) is 6.04 Å². The van der Waals surface area contributed by atoms with Gasteiger partial charge in [-0.15, -0.1) is 0 Å². The highest BCUT2D eigenvalue weighted by Crippen LogP contribution is 2.24. The van der Waals surface area contributed by atoms with E-state index in [-0.39, 0.29) is 6.04 Å². The van der Waals surface area contributed by atoms with Crippen LogP contribution in [-0.4, -0.2) is 58.5 Å². The van der Waals surface area contributed by atoms with Crippen molar-refractivity contribution in [1.29, 1.82) is 0 Å². The van der Waals surface area contributed by atoms with Crippen molar-refractivity contribution in [3.63, 3.8) is 0 Å². The fourth-order valence-corrected chi connectivity index (χ4v) is 3.30. The first-order chi connectivity index (χ1) is 12.6. The first-order valence-corrected chi connectivity index (χ1v) is 9.69. The standard InChI is InChI=1S/C20H32N4O2/c1-4-6-11-23(12-7-5-2)15-18-16(3)21-19-14-17(10-13-24(18)19)8-9-20(25)22-26/h8-10,13-14,16,18,26H,4-7,11-12,15H2,1-3H3,(H,22,25)/b9-8+. The van der Waals surface area contributed by atoms with Crippen molar-refractivity contribution in [3.05, 3.63) is 36.1 Å². The van der Waals surface area contributed by atoms with Gasteiger partial charge in [0.05, 0.1) is 12.1 Å². The van der Waals surface area contributed by atoms with Gasteiger partial charge in [-0.25, -0.2) is 5.48 Å². The summed E-state index contributed by atoms with van der Waals surface area (Å²) in [7, 11) is 0. The van der Waals surface area contributed by atoms with Crippen LogP contribution in [0, 0.1) is 0 Å². The predicted molar refractivity (Wildman–Crippen MR) is 105 cm³/mol. The Kier molecular flexibility index (Phi) is 8.06. The largest absolute Gasteiger partial charge is 0.327 e. The Morgan fingerprint density at radius 1 is 1.35 bits per heavy atom. The topological polar surface area (TPSA) is 68.2 Å². The Morgan fingerprint density at radius 2 is 2.04 bits per heavy atom. The van der Waals surface area contributed by atoms with Crippen LogP contribution in [0.2, 0.25) is 0 Å². The molecule has 2 atom stereocenters. The van der Waals surface area contributed by atoms with Gasteiger partial charge in [-0.2, -0.15) is 0 Å². The van der Waals surface area contributed by atoms with Crippen LogP contribution in [0.4, 0.5) is 0 Å². The lowest BCUT2D eigenvalue weighted by Gasteiger charge is -2.33. The Labute approximate surface area is 156 Å². The molecule has 0 saturated carbocycles. The highest BCUT2D eigenvalue weighted by Gasteiger charge is 2.33. The summed E-state index contributed by atoms with van der Waals surface area (Å²) in [4.78, 5) is 20.8. The average Bonchev–Trinajstić information content (AvgIpc) is 2.96. The zero-order valence-electron chi connectivity index (χ0n) is 16.2. The highest BCUT2D eigenvalue weighted by molar-refractivity contribution is 5.98. The summed E-state index contributed by atoms with van der Waals surface area (Å²) in [5, 5.41) is 8.57. The van der Waals surface area contributed by atoms with Gasteiger partial charge in [0.1, 0.15) is 5.84 Å². The van der Waals surface area contributed by atoms with Gasteiger partial charge in [-0.3, -0.25) is 15.0 Å². The van der Waals surface area contributed by atoms with E-state index >= 15 is 0 Å². The van der Waals surface area contributed by atoms with E-state index in [4.69, 9.17) is 10.2 Å². The minimum absolute atomic E-state index is 0.237. The van der Waals surface area contributed by atoms with Crippen LogP contribution in [-0.2, 0) is 4.79 Å². The van der Waals surface area contributed by atoms with Gasteiger partial charge >= 0.3 is 0 Å². The number of amidine groups is 1. The maximum absolute atomic E-state index is 11.1. The molecular formula is C20H32N4O2. The number of nitrogens with zero attached hydrogens (tertiary/aromatic N) is 3. The first kappa shape index (κ1) is 20.4. The molecule has 26 heavy (non-hydrogen) atoms. The van der Waals surface area contributed by atoms with E-state index in [2.05, 4.69) is 36.8 Å². The molecule has 0 radical (unpaired) electrons. The molecule has 2 aliphatic rings. The molecule has 0 aliphatic carbocycles. The number of hydrogen-bond acceptors (Lipinski definition) is 5. The second kappa shape index (κ2) is 10.3. The monoisotopic (exact) mass is 360 g/mol. The van der Waals surface area contributed by atoms with Crippen molar-refractivity contribution in [2.24, 2.45) is 4.99 Å². The minimum atomic E-state index is -0.538. The number of nitrogens with one attached hydrogen (secondary N) is 1. The third kappa shape index (κ3) is 5.54. The molecule has 1 amide bonds. The van der Waals surface area contributed by atoms with Gasteiger partial charge in [0, 0.05) is 18.8 Å². The van der Waals surface area contributed by atoms with Crippen LogP contribution in [0.3, 0.4) is 0 Å². The normalized spacial score (nSPS) is 22.0. The molecule has 2 aliphatic heterocycles. The van der Waals surface area contributed by atoms with Crippen LogP contribution in [0.25, 0.3) is 0 Å². The van der Waals surface area contributed by atoms with Gasteiger partial charge in [0.25, 0.3) is 5.91 Å². The maximum Gasteiger partial charge on any atom is 0.267 e. The lowest BCUT2D eigenvalue weighted by molar-refractivity contribution is -0.124. The third-order valence-electron chi connectivity index (χ3n) is 4.88. The molecule has 6 nitrogen and oxygen atoms in total. The van der Waals surface area contributed by atoms with Crippen molar-refractivity contribution in [3.8, 4) is 0 Å². The number of carbonyl (C=O) groups is 1. The summed E-state index contributed by atoms with van der Waals surface area (Å²) in [5.74, 6) is 0.406. The van der Waals surface area contributed by atoms with Crippen LogP contribution in [0.5, 0.6) is 0 Å². The molecule has 0 spiro atoms. The molecule has 6 heteroatoms. The number of amides is 1. The van der Waals surface area contributed by atoms with Crippen molar-refractivity contribution in [2.75, 3.05) is 19.6 Å². The number of fused-ring (bicyclic) bond motifs is 1. The second-order valence-electron chi connectivity index (χ2n) is 6.98. The zero-order valence-corrected chi connectivity index (χ0v) is 16.2. The van der Waals surface area contributed by atoms with E-state index in [1.165, 1.54) is 31.8 Å². The molecular weight excluding hydrogens is 328 g/mol. The van der Waals surface area contributed by atoms with Crippen molar-refractivity contribution in [2.45, 2.75) is 58.5 Å². The van der Waals surface area contributed by atoms with E-state index < -0.39 is 5.91 Å². The van der Waals surface area contributed by atoms with Crippen molar-refractivity contribution >= 4 is 11.7 Å². The molecule has 2 heterocycles. The average molecular weight is 361 g/mol. The van der Waals surface area contributed by atoms with E-state index in [1.54, 1.807) is 11.6 Å². The lowest BCUT2D eigenvalue weighted by Crippen LogP contribution is -2.45. The second-order valence-corrected chi connectivity index (χ2v) is 6.98. The number of hydrogen-bond donors (Lipinski definition) is 2. The fraction of sp³-hybridized carbons (Fsp3) is 0.600. The van der Waals surface area contributed by atoms with Crippen molar-refractivity contribution < 1.29 is 10.0 Å². The quantitative estimate of drug-likeness (QED) is 0.357. The van der Waals surface area contributed by atoms with E-state index in [1.807, 2.05) is 12.2 Å². The Hall–Kier alpha value is -1.92. The molecule has 0 aromatic heterocycles. The highest BCUT2D eigenvalue weighted by atomic mass is 16.5. The van der Waals surface area contributed by atoms with Gasteiger partial charge in [-0.05, 0) is 56.7 Å². The predicted octanol–water partition coefficient (Wildman–Crippen LogP) is 2.88. The van der Waals surface area contributed by atoms with Crippen LogP contribution in [0.1, 0.15) is 46.5 Å². The molecule has 0 aromatic rings. The van der Waals surface area contributed by atoms with E-state index in [9.17, 15) is 4.79 Å². The third-order valence-corrected chi connectivity index (χ3v) is 4.88. The molecule has 2 N–H and O–H groups in total. The zero-order chi connectivity index (χ0) is 18.9. The maximum atomic E-state index is 11.1. The van der Waals surface area contributed by atoms with Crippen molar-refractivity contribution in [1.82, 2.24) is 15.3 Å². The summed E-state index contributed by atoms with van der Waals surface area (Å²) < 4.78 is 0. The van der Waals surface area contributed by atoms with Gasteiger partial charge < -0.3 is 9.80 Å². The number of allylic oxidation sites excluding steroid dienone is 3. The molecule has 0 fully saturated rings. The summed E-state index contributed by atoms with van der Waals surface area (Å²) in [6, 6.07) is 0.582. The molecule has 144 valence electrons. The fourth-order valence-electron chi connectivity index (χ4n) is 3.30. The number of carbonyl (C=O) groups excluding carboxylic acids is 1. The number of aliphatic imine (C=N–C) groups is 1. The summed E-state index contributed by atoms with van der Waals surface area (Å²) in [6.45, 7) is 9.96. The van der Waals surface area contributed by atoms with Gasteiger partial charge in [0.2, 0.25) is 0 Å². The minimum Gasteiger partial charge on any atom is -0.327 e. The Bertz CT molecular complexity index is 587. The smallest absolute Gasteiger partial charge is 0.267 e. The summed E-state index contributed by atoms with van der Waals surface area (Å²) in [5.41, 5.74) is 2.49. The number of rotatable bonds is 10. The van der Waals surface area contributed by atoms with Crippen LogP contribution >= 0.6 is 0 Å². The van der Waals surface area contributed by atoms with Crippen LogP contribution in [0.15, 0.2) is 41.1 Å². The molecule has 0 bridgehead atoms. The summed E-state index contributed by atoms with van der Waals surface area (Å²) in [6.07, 6.45) is 13.9. The number of unbranched alkanes of at least 4 members (excludes halogenated alkanes) is 2.